The molecule has 0 amide bonds. The molecule has 0 aliphatic rings. The molecule has 0 saturated heterocycles. The highest BCUT2D eigenvalue weighted by Crippen LogP contribution is 2.19. The van der Waals surface area contributed by atoms with Crippen LogP contribution in [0.2, 0.25) is 0 Å². The van der Waals surface area contributed by atoms with E-state index in [2.05, 4.69) is 29.3 Å². The zero-order chi connectivity index (χ0) is 13.2. The number of rotatable bonds is 2. The van der Waals surface area contributed by atoms with Crippen molar-refractivity contribution in [3.8, 4) is 0 Å². The van der Waals surface area contributed by atoms with Gasteiger partial charge in [0.05, 0.1) is 5.69 Å². The van der Waals surface area contributed by atoms with Crippen molar-refractivity contribution in [2.45, 2.75) is 6.92 Å². The van der Waals surface area contributed by atoms with Crippen molar-refractivity contribution < 1.29 is 0 Å². The Balaban J connectivity index is 0.00000147. The fourth-order valence-electron chi connectivity index (χ4n) is 2.10. The number of aromatic nitrogens is 2. The maximum atomic E-state index is 5.99. The summed E-state index contributed by atoms with van der Waals surface area (Å²) < 4.78 is 1.92. The maximum absolute atomic E-state index is 5.99. The first-order chi connectivity index (χ1) is 9.25. The van der Waals surface area contributed by atoms with E-state index in [0.29, 0.717) is 5.82 Å². The molecule has 3 nitrogen and oxygen atoms in total. The highest BCUT2D eigenvalue weighted by atomic mass is 35.5. The molecule has 4 heteroatoms. The standard InChI is InChI=1S/C16H15N3.ClH/c1-12-15(17)19-11-5-8-14(16(19)18-12)10-9-13-6-3-2-4-7-13;/h2-11H,17H2,1H3;1H. The normalized spacial score (nSPS) is 10.8. The van der Waals surface area contributed by atoms with Crippen molar-refractivity contribution in [1.82, 2.24) is 9.38 Å². The first kappa shape index (κ1) is 14.2. The Morgan fingerprint density at radius 1 is 1.05 bits per heavy atom. The Hall–Kier alpha value is -2.26. The fourth-order valence-corrected chi connectivity index (χ4v) is 2.10. The summed E-state index contributed by atoms with van der Waals surface area (Å²) in [5, 5.41) is 0. The number of hydrogen-bond donors (Lipinski definition) is 1. The van der Waals surface area contributed by atoms with Gasteiger partial charge in [-0.15, -0.1) is 12.4 Å². The van der Waals surface area contributed by atoms with Crippen LogP contribution in [0, 0.1) is 6.92 Å². The quantitative estimate of drug-likeness (QED) is 0.778. The monoisotopic (exact) mass is 285 g/mol. The van der Waals surface area contributed by atoms with Gasteiger partial charge in [0.15, 0.2) is 0 Å². The second kappa shape index (κ2) is 5.80. The highest BCUT2D eigenvalue weighted by molar-refractivity contribution is 5.85. The molecule has 0 atom stereocenters. The second-order valence-electron chi connectivity index (χ2n) is 4.48. The number of imidazole rings is 1. The van der Waals surface area contributed by atoms with E-state index in [9.17, 15) is 0 Å². The molecule has 2 heterocycles. The van der Waals surface area contributed by atoms with E-state index in [1.807, 2.05) is 47.9 Å². The molecule has 0 radical (unpaired) electrons. The summed E-state index contributed by atoms with van der Waals surface area (Å²) in [7, 11) is 0. The fraction of sp³-hybridized carbons (Fsp3) is 0.0625. The van der Waals surface area contributed by atoms with Gasteiger partial charge < -0.3 is 5.73 Å². The average Bonchev–Trinajstić information content (AvgIpc) is 2.74. The van der Waals surface area contributed by atoms with Crippen molar-refractivity contribution in [3.63, 3.8) is 0 Å². The van der Waals surface area contributed by atoms with Gasteiger partial charge in [-0.3, -0.25) is 4.40 Å². The van der Waals surface area contributed by atoms with Crippen molar-refractivity contribution >= 4 is 36.0 Å². The van der Waals surface area contributed by atoms with Crippen molar-refractivity contribution in [1.29, 1.82) is 0 Å². The van der Waals surface area contributed by atoms with Gasteiger partial charge in [-0.05, 0) is 24.6 Å². The zero-order valence-electron chi connectivity index (χ0n) is 11.2. The largest absolute Gasteiger partial charge is 0.383 e. The van der Waals surface area contributed by atoms with Gasteiger partial charge >= 0.3 is 0 Å². The lowest BCUT2D eigenvalue weighted by Crippen LogP contribution is -1.93. The molecule has 20 heavy (non-hydrogen) atoms. The van der Waals surface area contributed by atoms with E-state index in [1.165, 1.54) is 5.56 Å². The summed E-state index contributed by atoms with van der Waals surface area (Å²) >= 11 is 0. The van der Waals surface area contributed by atoms with Gasteiger partial charge in [-0.2, -0.15) is 0 Å². The Morgan fingerprint density at radius 3 is 2.55 bits per heavy atom. The lowest BCUT2D eigenvalue weighted by atomic mass is 10.1. The number of hydrogen-bond acceptors (Lipinski definition) is 2. The molecular weight excluding hydrogens is 270 g/mol. The van der Waals surface area contributed by atoms with Crippen LogP contribution in [-0.4, -0.2) is 9.38 Å². The number of benzene rings is 1. The molecule has 102 valence electrons. The molecule has 2 aromatic heterocycles. The maximum Gasteiger partial charge on any atom is 0.145 e. The molecular formula is C16H16ClN3. The number of fused-ring (bicyclic) bond motifs is 1. The molecule has 0 aliphatic heterocycles. The minimum Gasteiger partial charge on any atom is -0.383 e. The third kappa shape index (κ3) is 2.53. The van der Waals surface area contributed by atoms with Crippen LogP contribution in [0.4, 0.5) is 5.82 Å². The van der Waals surface area contributed by atoms with E-state index >= 15 is 0 Å². The van der Waals surface area contributed by atoms with E-state index in [0.717, 1.165) is 16.9 Å². The van der Waals surface area contributed by atoms with Crippen molar-refractivity contribution in [2.75, 3.05) is 5.73 Å². The van der Waals surface area contributed by atoms with Crippen LogP contribution < -0.4 is 5.73 Å². The third-order valence-corrected chi connectivity index (χ3v) is 3.16. The summed E-state index contributed by atoms with van der Waals surface area (Å²) in [5.41, 5.74) is 9.97. The molecule has 0 bridgehead atoms. The molecule has 1 aromatic carbocycles. The summed E-state index contributed by atoms with van der Waals surface area (Å²) in [4.78, 5) is 4.51. The lowest BCUT2D eigenvalue weighted by molar-refractivity contribution is 1.19. The van der Waals surface area contributed by atoms with Gasteiger partial charge in [0.25, 0.3) is 0 Å². The Morgan fingerprint density at radius 2 is 1.80 bits per heavy atom. The Bertz CT molecular complexity index is 745. The first-order valence-corrected chi connectivity index (χ1v) is 6.22. The summed E-state index contributed by atoms with van der Waals surface area (Å²) in [5.74, 6) is 0.699. The van der Waals surface area contributed by atoms with Crippen LogP contribution in [0.5, 0.6) is 0 Å². The van der Waals surface area contributed by atoms with Crippen molar-refractivity contribution in [2.24, 2.45) is 0 Å². The number of nitrogens with zero attached hydrogens (tertiary/aromatic N) is 2. The SMILES string of the molecule is Cc1nc2c(C=Cc3ccccc3)cccn2c1N.Cl. The van der Waals surface area contributed by atoms with Gasteiger partial charge in [0, 0.05) is 11.8 Å². The molecule has 2 N–H and O–H groups in total. The van der Waals surface area contributed by atoms with Crippen LogP contribution in [0.25, 0.3) is 17.8 Å². The van der Waals surface area contributed by atoms with E-state index in [1.54, 1.807) is 0 Å². The average molecular weight is 286 g/mol. The number of halogens is 1. The van der Waals surface area contributed by atoms with Crippen LogP contribution in [0.3, 0.4) is 0 Å². The summed E-state index contributed by atoms with van der Waals surface area (Å²) in [6.07, 6.45) is 6.08. The van der Waals surface area contributed by atoms with E-state index in [4.69, 9.17) is 5.73 Å². The molecule has 0 spiro atoms. The predicted molar refractivity (Wildman–Crippen MR) is 87.0 cm³/mol. The first-order valence-electron chi connectivity index (χ1n) is 6.22. The van der Waals surface area contributed by atoms with Crippen LogP contribution in [0.1, 0.15) is 16.8 Å². The number of nitrogen functional groups attached to an aromatic ring is 1. The zero-order valence-corrected chi connectivity index (χ0v) is 12.0. The number of aryl methyl sites for hydroxylation is 1. The van der Waals surface area contributed by atoms with Gasteiger partial charge in [0.1, 0.15) is 11.5 Å². The summed E-state index contributed by atoms with van der Waals surface area (Å²) in [6.45, 7) is 1.92. The summed E-state index contributed by atoms with van der Waals surface area (Å²) in [6, 6.07) is 14.2. The molecule has 0 unspecified atom stereocenters. The molecule has 0 aliphatic carbocycles. The van der Waals surface area contributed by atoms with Gasteiger partial charge in [-0.25, -0.2) is 4.98 Å². The van der Waals surface area contributed by atoms with Crippen LogP contribution >= 0.6 is 12.4 Å². The van der Waals surface area contributed by atoms with Crippen LogP contribution in [-0.2, 0) is 0 Å². The third-order valence-electron chi connectivity index (χ3n) is 3.16. The molecule has 3 rings (SSSR count). The Kier molecular flexibility index (Phi) is 4.11. The van der Waals surface area contributed by atoms with Crippen LogP contribution in [0.15, 0.2) is 48.7 Å². The number of nitrogens with two attached hydrogens (primary N) is 1. The van der Waals surface area contributed by atoms with Gasteiger partial charge in [-0.1, -0.05) is 42.5 Å². The predicted octanol–water partition coefficient (Wildman–Crippen LogP) is 3.82. The smallest absolute Gasteiger partial charge is 0.145 e. The highest BCUT2D eigenvalue weighted by Gasteiger charge is 2.06. The Labute approximate surface area is 124 Å². The second-order valence-corrected chi connectivity index (χ2v) is 4.48. The van der Waals surface area contributed by atoms with E-state index < -0.39 is 0 Å². The van der Waals surface area contributed by atoms with Crippen molar-refractivity contribution in [3.05, 3.63) is 65.5 Å². The lowest BCUT2D eigenvalue weighted by Gasteiger charge is -1.99. The van der Waals surface area contributed by atoms with E-state index in [-0.39, 0.29) is 12.4 Å². The number of anilines is 1. The molecule has 0 fully saturated rings. The molecule has 3 aromatic rings. The minimum absolute atomic E-state index is 0. The number of pyridine rings is 1. The topological polar surface area (TPSA) is 43.3 Å². The molecule has 0 saturated carbocycles. The van der Waals surface area contributed by atoms with Gasteiger partial charge in [0.2, 0.25) is 0 Å². The minimum atomic E-state index is 0.